The van der Waals surface area contributed by atoms with Crippen LogP contribution in [0.3, 0.4) is 0 Å². The van der Waals surface area contributed by atoms with Crippen molar-refractivity contribution in [3.8, 4) is 11.1 Å². The molecule has 3 heteroatoms. The standard InChI is InChI=1S/C15H15NO2/c1-10-5-3-4-6-12(10)11-7-8-14(16)13(9-11)15(17)18-2/h3-9H,16H2,1-2H3. The van der Waals surface area contributed by atoms with E-state index in [1.165, 1.54) is 7.11 Å². The van der Waals surface area contributed by atoms with E-state index < -0.39 is 5.97 Å². The highest BCUT2D eigenvalue weighted by Crippen LogP contribution is 2.26. The average Bonchev–Trinajstić information content (AvgIpc) is 2.39. The van der Waals surface area contributed by atoms with E-state index in [-0.39, 0.29) is 0 Å². The van der Waals surface area contributed by atoms with E-state index in [1.807, 2.05) is 37.3 Å². The highest BCUT2D eigenvalue weighted by molar-refractivity contribution is 5.96. The number of carbonyl (C=O) groups excluding carboxylic acids is 1. The molecule has 0 bridgehead atoms. The zero-order valence-corrected chi connectivity index (χ0v) is 10.4. The minimum absolute atomic E-state index is 0.401. The van der Waals surface area contributed by atoms with Gasteiger partial charge in [-0.2, -0.15) is 0 Å². The van der Waals surface area contributed by atoms with E-state index in [2.05, 4.69) is 0 Å². The summed E-state index contributed by atoms with van der Waals surface area (Å²) < 4.78 is 4.72. The molecule has 2 rings (SSSR count). The molecule has 0 saturated heterocycles. The SMILES string of the molecule is COC(=O)c1cc(-c2ccccc2C)ccc1N. The first kappa shape index (κ1) is 12.2. The van der Waals surface area contributed by atoms with Gasteiger partial charge < -0.3 is 10.5 Å². The van der Waals surface area contributed by atoms with Crippen molar-refractivity contribution in [3.05, 3.63) is 53.6 Å². The van der Waals surface area contributed by atoms with Crippen molar-refractivity contribution in [1.82, 2.24) is 0 Å². The molecule has 0 heterocycles. The lowest BCUT2D eigenvalue weighted by atomic mass is 9.98. The molecule has 92 valence electrons. The molecule has 18 heavy (non-hydrogen) atoms. The molecule has 0 atom stereocenters. The molecule has 0 saturated carbocycles. The molecule has 0 amide bonds. The third-order valence-corrected chi connectivity index (χ3v) is 2.91. The van der Waals surface area contributed by atoms with Crippen LogP contribution in [0, 0.1) is 6.92 Å². The number of nitrogens with two attached hydrogens (primary N) is 1. The summed E-state index contributed by atoms with van der Waals surface area (Å²) in [5.74, 6) is -0.414. The number of esters is 1. The lowest BCUT2D eigenvalue weighted by Crippen LogP contribution is -2.05. The lowest BCUT2D eigenvalue weighted by molar-refractivity contribution is 0.0602. The summed E-state index contributed by atoms with van der Waals surface area (Å²) >= 11 is 0. The predicted octanol–water partition coefficient (Wildman–Crippen LogP) is 3.03. The van der Waals surface area contributed by atoms with Crippen LogP contribution in [-0.2, 0) is 4.74 Å². The molecule has 0 aliphatic rings. The molecular weight excluding hydrogens is 226 g/mol. The Morgan fingerprint density at radius 2 is 1.89 bits per heavy atom. The first-order chi connectivity index (χ1) is 8.63. The van der Waals surface area contributed by atoms with Crippen molar-refractivity contribution in [2.24, 2.45) is 0 Å². The Hall–Kier alpha value is -2.29. The highest BCUT2D eigenvalue weighted by atomic mass is 16.5. The number of hydrogen-bond donors (Lipinski definition) is 1. The van der Waals surface area contributed by atoms with Gasteiger partial charge in [0.05, 0.1) is 12.7 Å². The van der Waals surface area contributed by atoms with Crippen LogP contribution in [0.1, 0.15) is 15.9 Å². The van der Waals surface area contributed by atoms with E-state index in [4.69, 9.17) is 10.5 Å². The third-order valence-electron chi connectivity index (χ3n) is 2.91. The van der Waals surface area contributed by atoms with Crippen LogP contribution in [0.15, 0.2) is 42.5 Å². The van der Waals surface area contributed by atoms with Gasteiger partial charge in [-0.25, -0.2) is 4.79 Å². The quantitative estimate of drug-likeness (QED) is 0.649. The van der Waals surface area contributed by atoms with E-state index in [9.17, 15) is 4.79 Å². The first-order valence-electron chi connectivity index (χ1n) is 5.67. The van der Waals surface area contributed by atoms with Crippen LogP contribution in [0.2, 0.25) is 0 Å². The maximum absolute atomic E-state index is 11.6. The van der Waals surface area contributed by atoms with Crippen molar-refractivity contribution in [2.45, 2.75) is 6.92 Å². The fourth-order valence-corrected chi connectivity index (χ4v) is 1.91. The first-order valence-corrected chi connectivity index (χ1v) is 5.67. The molecule has 0 radical (unpaired) electrons. The Balaban J connectivity index is 2.54. The van der Waals surface area contributed by atoms with Gasteiger partial charge in [0.25, 0.3) is 0 Å². The number of hydrogen-bond acceptors (Lipinski definition) is 3. The molecule has 0 aliphatic carbocycles. The van der Waals surface area contributed by atoms with Gasteiger partial charge in [-0.15, -0.1) is 0 Å². The van der Waals surface area contributed by atoms with Crippen molar-refractivity contribution < 1.29 is 9.53 Å². The molecule has 0 unspecified atom stereocenters. The van der Waals surface area contributed by atoms with E-state index in [0.29, 0.717) is 11.3 Å². The number of benzene rings is 2. The lowest BCUT2D eigenvalue weighted by Gasteiger charge is -2.09. The Morgan fingerprint density at radius 1 is 1.17 bits per heavy atom. The van der Waals surface area contributed by atoms with E-state index >= 15 is 0 Å². The molecule has 2 N–H and O–H groups in total. The monoisotopic (exact) mass is 241 g/mol. The van der Waals surface area contributed by atoms with Gasteiger partial charge in [0.1, 0.15) is 0 Å². The molecule has 2 aromatic carbocycles. The molecule has 0 spiro atoms. The zero-order chi connectivity index (χ0) is 13.1. The van der Waals surface area contributed by atoms with Crippen LogP contribution < -0.4 is 5.73 Å². The number of rotatable bonds is 2. The summed E-state index contributed by atoms with van der Waals surface area (Å²) in [5, 5.41) is 0. The smallest absolute Gasteiger partial charge is 0.339 e. The summed E-state index contributed by atoms with van der Waals surface area (Å²) in [6, 6.07) is 13.4. The van der Waals surface area contributed by atoms with Crippen LogP contribution in [0.4, 0.5) is 5.69 Å². The van der Waals surface area contributed by atoms with Gasteiger partial charge in [0.15, 0.2) is 0 Å². The molecular formula is C15H15NO2. The minimum Gasteiger partial charge on any atom is -0.465 e. The Bertz CT molecular complexity index is 591. The van der Waals surface area contributed by atoms with Crippen molar-refractivity contribution in [1.29, 1.82) is 0 Å². The second-order valence-electron chi connectivity index (χ2n) is 4.11. The largest absolute Gasteiger partial charge is 0.465 e. The molecule has 0 fully saturated rings. The number of aryl methyl sites for hydroxylation is 1. The summed E-state index contributed by atoms with van der Waals surface area (Å²) in [6.07, 6.45) is 0. The van der Waals surface area contributed by atoms with Gasteiger partial charge in [0, 0.05) is 5.69 Å². The van der Waals surface area contributed by atoms with Gasteiger partial charge in [-0.05, 0) is 35.7 Å². The van der Waals surface area contributed by atoms with Crippen molar-refractivity contribution >= 4 is 11.7 Å². The van der Waals surface area contributed by atoms with Crippen molar-refractivity contribution in [2.75, 3.05) is 12.8 Å². The van der Waals surface area contributed by atoms with Gasteiger partial charge in [-0.1, -0.05) is 30.3 Å². The normalized spacial score (nSPS) is 10.1. The fourth-order valence-electron chi connectivity index (χ4n) is 1.91. The maximum atomic E-state index is 11.6. The molecule has 2 aromatic rings. The van der Waals surface area contributed by atoms with Gasteiger partial charge >= 0.3 is 5.97 Å². The predicted molar refractivity (Wildman–Crippen MR) is 72.4 cm³/mol. The summed E-state index contributed by atoms with van der Waals surface area (Å²) in [4.78, 5) is 11.6. The minimum atomic E-state index is -0.414. The Kier molecular flexibility index (Phi) is 3.33. The number of anilines is 1. The van der Waals surface area contributed by atoms with Crippen LogP contribution in [0.5, 0.6) is 0 Å². The Labute approximate surface area is 106 Å². The second-order valence-corrected chi connectivity index (χ2v) is 4.11. The van der Waals surface area contributed by atoms with Gasteiger partial charge in [-0.3, -0.25) is 0 Å². The molecule has 0 aliphatic heterocycles. The number of methoxy groups -OCH3 is 1. The number of ether oxygens (including phenoxy) is 1. The van der Waals surface area contributed by atoms with Crippen LogP contribution in [-0.4, -0.2) is 13.1 Å². The van der Waals surface area contributed by atoms with E-state index in [0.717, 1.165) is 16.7 Å². The fraction of sp³-hybridized carbons (Fsp3) is 0.133. The second kappa shape index (κ2) is 4.92. The summed E-state index contributed by atoms with van der Waals surface area (Å²) in [6.45, 7) is 2.03. The number of nitrogen functional groups attached to an aromatic ring is 1. The third kappa shape index (κ3) is 2.20. The van der Waals surface area contributed by atoms with E-state index in [1.54, 1.807) is 12.1 Å². The summed E-state index contributed by atoms with van der Waals surface area (Å²) in [7, 11) is 1.35. The van der Waals surface area contributed by atoms with Gasteiger partial charge in [0.2, 0.25) is 0 Å². The molecule has 0 aromatic heterocycles. The van der Waals surface area contributed by atoms with Crippen molar-refractivity contribution in [3.63, 3.8) is 0 Å². The maximum Gasteiger partial charge on any atom is 0.339 e. The summed E-state index contributed by atoms with van der Waals surface area (Å²) in [5.41, 5.74) is 9.81. The van der Waals surface area contributed by atoms with Crippen LogP contribution >= 0.6 is 0 Å². The zero-order valence-electron chi connectivity index (χ0n) is 10.4. The topological polar surface area (TPSA) is 52.3 Å². The average molecular weight is 241 g/mol. The molecule has 3 nitrogen and oxygen atoms in total. The van der Waals surface area contributed by atoms with Crippen LogP contribution in [0.25, 0.3) is 11.1 Å². The number of carbonyl (C=O) groups is 1. The Morgan fingerprint density at radius 3 is 2.56 bits per heavy atom. The highest BCUT2D eigenvalue weighted by Gasteiger charge is 2.11.